The maximum atomic E-state index is 13.8. The third-order valence-electron chi connectivity index (χ3n) is 7.75. The first-order chi connectivity index (χ1) is 18.2. The molecule has 9 heteroatoms. The molecule has 1 saturated heterocycles. The van der Waals surface area contributed by atoms with Crippen LogP contribution in [0.25, 0.3) is 0 Å². The molecule has 2 aromatic rings. The molecule has 2 aliphatic heterocycles. The van der Waals surface area contributed by atoms with Gasteiger partial charge in [-0.1, -0.05) is 62.4 Å². The van der Waals surface area contributed by atoms with Crippen molar-refractivity contribution in [2.45, 2.75) is 57.8 Å². The molecule has 1 fully saturated rings. The number of benzene rings is 1. The zero-order valence-electron chi connectivity index (χ0n) is 21.9. The summed E-state index contributed by atoms with van der Waals surface area (Å²) in [6, 6.07) is 7.69. The second-order valence-electron chi connectivity index (χ2n) is 10.8. The average Bonchev–Trinajstić information content (AvgIpc) is 3.63. The lowest BCUT2D eigenvalue weighted by Gasteiger charge is -2.35. The fourth-order valence-electron chi connectivity index (χ4n) is 5.83. The highest BCUT2D eigenvalue weighted by atomic mass is 16.5. The van der Waals surface area contributed by atoms with Gasteiger partial charge >= 0.3 is 0 Å². The van der Waals surface area contributed by atoms with Crippen LogP contribution in [0.2, 0.25) is 0 Å². The summed E-state index contributed by atoms with van der Waals surface area (Å²) in [6.45, 7) is 6.60. The van der Waals surface area contributed by atoms with E-state index < -0.39 is 18.2 Å². The van der Waals surface area contributed by atoms with Crippen molar-refractivity contribution in [3.8, 4) is 0 Å². The molecule has 0 saturated carbocycles. The van der Waals surface area contributed by atoms with E-state index in [1.54, 1.807) is 17.2 Å². The quantitative estimate of drug-likeness (QED) is 0.582. The highest BCUT2D eigenvalue weighted by Crippen LogP contribution is 2.32. The SMILES string of the molecule is CC1C=C(CNC(=O)[C@@H]2C[C@@H](O)CN2C(=O)[C@H](C(C)C)N2Cc3ccccc3C2=O)C=CC1c1ccno1. The normalized spacial score (nSPS) is 25.5. The highest BCUT2D eigenvalue weighted by molar-refractivity contribution is 6.01. The van der Waals surface area contributed by atoms with Gasteiger partial charge in [0.1, 0.15) is 17.8 Å². The number of amides is 3. The van der Waals surface area contributed by atoms with Crippen LogP contribution in [0.15, 0.2) is 64.9 Å². The molecule has 0 spiro atoms. The van der Waals surface area contributed by atoms with Gasteiger partial charge in [0.2, 0.25) is 11.8 Å². The summed E-state index contributed by atoms with van der Waals surface area (Å²) >= 11 is 0. The molecular weight excluding hydrogens is 484 g/mol. The number of β-amino-alcohol motifs (C(OH)–C–C–N with tert-alkyl or cyclic N) is 1. The molecular formula is C29H34N4O5. The Morgan fingerprint density at radius 2 is 2.03 bits per heavy atom. The molecule has 9 nitrogen and oxygen atoms in total. The standard InChI is InChI=1S/C29H34N4O5/c1-17(2)26(33-15-20-6-4-5-7-23(20)28(33)36)29(37)32-16-21(34)13-24(32)27(35)30-14-19-8-9-22(18(3)12-19)25-10-11-31-38-25/h4-12,17-18,21-22,24,26,34H,13-16H2,1-3H3,(H,30,35)/t18?,21-,22?,24+,26+/m1/s1. The molecule has 200 valence electrons. The first kappa shape index (κ1) is 25.9. The lowest BCUT2D eigenvalue weighted by molar-refractivity contribution is -0.143. The lowest BCUT2D eigenvalue weighted by atomic mass is 9.85. The Morgan fingerprint density at radius 1 is 1.24 bits per heavy atom. The van der Waals surface area contributed by atoms with Crippen molar-refractivity contribution in [2.75, 3.05) is 13.1 Å². The largest absolute Gasteiger partial charge is 0.391 e. The van der Waals surface area contributed by atoms with Gasteiger partial charge in [-0.15, -0.1) is 0 Å². The number of aromatic nitrogens is 1. The van der Waals surface area contributed by atoms with E-state index in [0.717, 1.165) is 16.9 Å². The number of aliphatic hydroxyl groups excluding tert-OH is 1. The van der Waals surface area contributed by atoms with E-state index >= 15 is 0 Å². The summed E-state index contributed by atoms with van der Waals surface area (Å²) in [5, 5.41) is 17.2. The van der Waals surface area contributed by atoms with Crippen molar-refractivity contribution in [3.05, 3.63) is 77.2 Å². The number of carbonyl (C=O) groups is 3. The number of fused-ring (bicyclic) bond motifs is 1. The van der Waals surface area contributed by atoms with Crippen molar-refractivity contribution >= 4 is 17.7 Å². The smallest absolute Gasteiger partial charge is 0.255 e. The lowest BCUT2D eigenvalue weighted by Crippen LogP contribution is -2.55. The summed E-state index contributed by atoms with van der Waals surface area (Å²) in [4.78, 5) is 43.3. The van der Waals surface area contributed by atoms with Gasteiger partial charge in [-0.25, -0.2) is 0 Å². The molecule has 5 rings (SSSR count). The Morgan fingerprint density at radius 3 is 2.71 bits per heavy atom. The third kappa shape index (κ3) is 4.90. The van der Waals surface area contributed by atoms with E-state index in [4.69, 9.17) is 4.52 Å². The summed E-state index contributed by atoms with van der Waals surface area (Å²) in [5.74, 6) is 0.0793. The van der Waals surface area contributed by atoms with Crippen LogP contribution >= 0.6 is 0 Å². The molecule has 5 atom stereocenters. The van der Waals surface area contributed by atoms with Gasteiger partial charge in [-0.05, 0) is 29.0 Å². The van der Waals surface area contributed by atoms with E-state index in [1.807, 2.05) is 50.3 Å². The van der Waals surface area contributed by atoms with E-state index in [0.29, 0.717) is 18.7 Å². The predicted molar refractivity (Wildman–Crippen MR) is 140 cm³/mol. The molecule has 3 amide bonds. The second kappa shape index (κ2) is 10.6. The number of allylic oxidation sites excluding steroid dienone is 2. The molecule has 0 bridgehead atoms. The van der Waals surface area contributed by atoms with E-state index in [1.165, 1.54) is 4.90 Å². The minimum Gasteiger partial charge on any atom is -0.391 e. The van der Waals surface area contributed by atoms with Crippen LogP contribution in [0.5, 0.6) is 0 Å². The number of nitrogens with one attached hydrogen (secondary N) is 1. The van der Waals surface area contributed by atoms with Crippen molar-refractivity contribution in [3.63, 3.8) is 0 Å². The molecule has 2 N–H and O–H groups in total. The molecule has 3 heterocycles. The Labute approximate surface area is 222 Å². The number of nitrogens with zero attached hydrogens (tertiary/aromatic N) is 3. The fourth-order valence-corrected chi connectivity index (χ4v) is 5.83. The van der Waals surface area contributed by atoms with Gasteiger partial charge in [0, 0.05) is 43.6 Å². The molecule has 1 aromatic carbocycles. The minimum absolute atomic E-state index is 0.0631. The Kier molecular flexibility index (Phi) is 7.21. The Bertz CT molecular complexity index is 1270. The van der Waals surface area contributed by atoms with Crippen molar-refractivity contribution in [1.29, 1.82) is 0 Å². The van der Waals surface area contributed by atoms with E-state index in [-0.39, 0.29) is 48.4 Å². The second-order valence-corrected chi connectivity index (χ2v) is 10.8. The van der Waals surface area contributed by atoms with E-state index in [9.17, 15) is 19.5 Å². The van der Waals surface area contributed by atoms with Crippen LogP contribution < -0.4 is 5.32 Å². The van der Waals surface area contributed by atoms with Crippen LogP contribution in [0.4, 0.5) is 0 Å². The van der Waals surface area contributed by atoms with Gasteiger partial charge in [-0.3, -0.25) is 14.4 Å². The maximum absolute atomic E-state index is 13.8. The number of aliphatic hydroxyl groups is 1. The van der Waals surface area contributed by atoms with E-state index in [2.05, 4.69) is 23.5 Å². The number of carbonyl (C=O) groups excluding carboxylic acids is 3. The summed E-state index contributed by atoms with van der Waals surface area (Å²) < 4.78 is 5.30. The predicted octanol–water partition coefficient (Wildman–Crippen LogP) is 2.65. The Hall–Kier alpha value is -3.72. The minimum atomic E-state index is -0.800. The van der Waals surface area contributed by atoms with Crippen LogP contribution in [0.3, 0.4) is 0 Å². The first-order valence-electron chi connectivity index (χ1n) is 13.2. The van der Waals surface area contributed by atoms with Crippen LogP contribution in [0, 0.1) is 11.8 Å². The monoisotopic (exact) mass is 518 g/mol. The van der Waals surface area contributed by atoms with Gasteiger partial charge in [0.15, 0.2) is 0 Å². The van der Waals surface area contributed by atoms with Gasteiger partial charge in [0.05, 0.1) is 12.3 Å². The first-order valence-corrected chi connectivity index (χ1v) is 13.2. The molecule has 1 aliphatic carbocycles. The summed E-state index contributed by atoms with van der Waals surface area (Å²) in [5.41, 5.74) is 2.45. The van der Waals surface area contributed by atoms with Gasteiger partial charge in [-0.2, -0.15) is 0 Å². The van der Waals surface area contributed by atoms with Crippen LogP contribution in [0.1, 0.15) is 54.8 Å². The van der Waals surface area contributed by atoms with Gasteiger partial charge < -0.3 is 24.7 Å². The number of hydrogen-bond acceptors (Lipinski definition) is 6. The topological polar surface area (TPSA) is 116 Å². The molecule has 1 aromatic heterocycles. The summed E-state index contributed by atoms with van der Waals surface area (Å²) in [7, 11) is 0. The highest BCUT2D eigenvalue weighted by Gasteiger charge is 2.45. The van der Waals surface area contributed by atoms with Crippen molar-refractivity contribution in [2.24, 2.45) is 11.8 Å². The average molecular weight is 519 g/mol. The zero-order valence-corrected chi connectivity index (χ0v) is 21.9. The molecule has 3 aliphatic rings. The molecule has 2 unspecified atom stereocenters. The number of hydrogen-bond donors (Lipinski definition) is 2. The molecule has 0 radical (unpaired) electrons. The Balaban J connectivity index is 1.26. The number of rotatable bonds is 7. The van der Waals surface area contributed by atoms with Crippen molar-refractivity contribution < 1.29 is 24.0 Å². The third-order valence-corrected chi connectivity index (χ3v) is 7.75. The van der Waals surface area contributed by atoms with Crippen LogP contribution in [-0.4, -0.2) is 69.1 Å². The summed E-state index contributed by atoms with van der Waals surface area (Å²) in [6.07, 6.45) is 7.08. The van der Waals surface area contributed by atoms with Gasteiger partial charge in [0.25, 0.3) is 5.91 Å². The molecule has 38 heavy (non-hydrogen) atoms. The maximum Gasteiger partial charge on any atom is 0.255 e. The zero-order chi connectivity index (χ0) is 27.0. The number of likely N-dealkylation sites (tertiary alicyclic amines) is 1. The fraction of sp³-hybridized carbons (Fsp3) is 0.448. The van der Waals surface area contributed by atoms with Crippen LogP contribution in [-0.2, 0) is 16.1 Å². The van der Waals surface area contributed by atoms with Crippen molar-refractivity contribution in [1.82, 2.24) is 20.3 Å².